The molecule has 0 saturated heterocycles. The molecule has 0 aliphatic carbocycles. The molecule has 1 aromatic carbocycles. The maximum atomic E-state index is 12.0. The predicted molar refractivity (Wildman–Crippen MR) is 77.1 cm³/mol. The average Bonchev–Trinajstić information content (AvgIpc) is 2.87. The van der Waals surface area contributed by atoms with Gasteiger partial charge in [0, 0.05) is 0 Å². The van der Waals surface area contributed by atoms with Crippen molar-refractivity contribution >= 4 is 0 Å². The van der Waals surface area contributed by atoms with Crippen molar-refractivity contribution in [3.63, 3.8) is 0 Å². The summed E-state index contributed by atoms with van der Waals surface area (Å²) in [6.07, 6.45) is 0.921. The lowest BCUT2D eigenvalue weighted by atomic mass is 9.99. The standard InChI is InChI=1S/C14H20N4O2/c1-4-9(2)12(15)13-16-17-14(19)18(13)10-5-7-11(20-3)8-6-10/h5-9,12H,4,15H2,1-3H3,(H,17,19)/t9-,12-/m0/s1. The van der Waals surface area contributed by atoms with E-state index in [4.69, 9.17) is 10.5 Å². The van der Waals surface area contributed by atoms with Crippen molar-refractivity contribution in [1.82, 2.24) is 14.8 Å². The highest BCUT2D eigenvalue weighted by Crippen LogP contribution is 2.22. The van der Waals surface area contributed by atoms with Crippen LogP contribution < -0.4 is 16.2 Å². The van der Waals surface area contributed by atoms with Gasteiger partial charge >= 0.3 is 5.69 Å². The van der Waals surface area contributed by atoms with Gasteiger partial charge in [-0.05, 0) is 30.2 Å². The quantitative estimate of drug-likeness (QED) is 0.868. The van der Waals surface area contributed by atoms with Crippen LogP contribution >= 0.6 is 0 Å². The van der Waals surface area contributed by atoms with E-state index in [0.717, 1.165) is 17.9 Å². The number of hydrogen-bond donors (Lipinski definition) is 2. The molecule has 0 bridgehead atoms. The van der Waals surface area contributed by atoms with E-state index in [9.17, 15) is 4.79 Å². The van der Waals surface area contributed by atoms with Crippen molar-refractivity contribution in [2.45, 2.75) is 26.3 Å². The molecule has 0 saturated carbocycles. The molecule has 3 N–H and O–H groups in total. The van der Waals surface area contributed by atoms with E-state index in [-0.39, 0.29) is 17.6 Å². The third kappa shape index (κ3) is 2.60. The minimum atomic E-state index is -0.291. The van der Waals surface area contributed by atoms with Crippen molar-refractivity contribution < 1.29 is 4.74 Å². The maximum Gasteiger partial charge on any atom is 0.347 e. The summed E-state index contributed by atoms with van der Waals surface area (Å²) in [4.78, 5) is 12.0. The van der Waals surface area contributed by atoms with Crippen LogP contribution in [0.2, 0.25) is 0 Å². The molecule has 6 nitrogen and oxygen atoms in total. The van der Waals surface area contributed by atoms with E-state index >= 15 is 0 Å². The lowest BCUT2D eigenvalue weighted by Gasteiger charge is -2.18. The van der Waals surface area contributed by atoms with Crippen LogP contribution in [-0.2, 0) is 0 Å². The minimum Gasteiger partial charge on any atom is -0.497 e. The molecular weight excluding hydrogens is 256 g/mol. The molecule has 2 aromatic rings. The summed E-state index contributed by atoms with van der Waals surface area (Å²) in [5.41, 5.74) is 6.62. The summed E-state index contributed by atoms with van der Waals surface area (Å²) in [7, 11) is 1.60. The van der Waals surface area contributed by atoms with Gasteiger partial charge in [-0.15, -0.1) is 0 Å². The highest BCUT2D eigenvalue weighted by Gasteiger charge is 2.21. The second-order valence-electron chi connectivity index (χ2n) is 4.83. The van der Waals surface area contributed by atoms with Crippen molar-refractivity contribution in [3.8, 4) is 11.4 Å². The third-order valence-electron chi connectivity index (χ3n) is 3.58. The zero-order chi connectivity index (χ0) is 14.7. The fourth-order valence-corrected chi connectivity index (χ4v) is 2.02. The second kappa shape index (κ2) is 5.92. The Morgan fingerprint density at radius 2 is 2.05 bits per heavy atom. The van der Waals surface area contributed by atoms with E-state index < -0.39 is 0 Å². The summed E-state index contributed by atoms with van der Waals surface area (Å²) in [6.45, 7) is 4.11. The Bertz CT molecular complexity index is 615. The fraction of sp³-hybridized carbons (Fsp3) is 0.429. The van der Waals surface area contributed by atoms with Crippen molar-refractivity contribution in [2.24, 2.45) is 11.7 Å². The Morgan fingerprint density at radius 1 is 1.40 bits per heavy atom. The van der Waals surface area contributed by atoms with Crippen molar-refractivity contribution in [1.29, 1.82) is 0 Å². The van der Waals surface area contributed by atoms with Gasteiger partial charge in [0.1, 0.15) is 5.75 Å². The molecule has 108 valence electrons. The highest BCUT2D eigenvalue weighted by atomic mass is 16.5. The number of aromatic nitrogens is 3. The SMILES string of the molecule is CC[C@H](C)[C@H](N)c1n[nH]c(=O)n1-c1ccc(OC)cc1. The predicted octanol–water partition coefficient (Wildman–Crippen LogP) is 1.62. The topological polar surface area (TPSA) is 85.9 Å². The van der Waals surface area contributed by atoms with Gasteiger partial charge in [-0.1, -0.05) is 20.3 Å². The second-order valence-corrected chi connectivity index (χ2v) is 4.83. The Labute approximate surface area is 117 Å². The van der Waals surface area contributed by atoms with Crippen molar-refractivity contribution in [2.75, 3.05) is 7.11 Å². The molecule has 0 fully saturated rings. The van der Waals surface area contributed by atoms with Gasteiger partial charge < -0.3 is 10.5 Å². The van der Waals surface area contributed by atoms with Gasteiger partial charge in [0.25, 0.3) is 0 Å². The number of rotatable bonds is 5. The number of hydrogen-bond acceptors (Lipinski definition) is 4. The lowest BCUT2D eigenvalue weighted by molar-refractivity contribution is 0.414. The zero-order valence-electron chi connectivity index (χ0n) is 12.0. The number of nitrogens with one attached hydrogen (secondary N) is 1. The number of nitrogens with two attached hydrogens (primary N) is 1. The smallest absolute Gasteiger partial charge is 0.347 e. The van der Waals surface area contributed by atoms with Crippen LogP contribution in [0.25, 0.3) is 5.69 Å². The van der Waals surface area contributed by atoms with Crippen LogP contribution in [0.15, 0.2) is 29.1 Å². The number of benzene rings is 1. The summed E-state index contributed by atoms with van der Waals surface area (Å²) in [5.74, 6) is 1.52. The normalized spacial score (nSPS) is 14.0. The largest absolute Gasteiger partial charge is 0.497 e. The van der Waals surface area contributed by atoms with E-state index in [0.29, 0.717) is 5.82 Å². The van der Waals surface area contributed by atoms with Gasteiger partial charge in [0.2, 0.25) is 0 Å². The monoisotopic (exact) mass is 276 g/mol. The number of H-pyrrole nitrogens is 1. The van der Waals surface area contributed by atoms with Gasteiger partial charge in [-0.25, -0.2) is 14.5 Å². The van der Waals surface area contributed by atoms with E-state index in [1.807, 2.05) is 19.1 Å². The summed E-state index contributed by atoms with van der Waals surface area (Å²) in [6, 6.07) is 6.92. The molecule has 0 amide bonds. The van der Waals surface area contributed by atoms with Crippen LogP contribution in [0.4, 0.5) is 0 Å². The molecule has 0 radical (unpaired) electrons. The van der Waals surface area contributed by atoms with Crippen LogP contribution in [-0.4, -0.2) is 21.9 Å². The number of nitrogens with zero attached hydrogens (tertiary/aromatic N) is 2. The molecule has 0 unspecified atom stereocenters. The van der Waals surface area contributed by atoms with Crippen LogP contribution in [0, 0.1) is 5.92 Å². The summed E-state index contributed by atoms with van der Waals surface area (Å²) >= 11 is 0. The molecule has 0 aliphatic heterocycles. The van der Waals surface area contributed by atoms with Gasteiger partial charge in [-0.2, -0.15) is 5.10 Å². The first-order valence-electron chi connectivity index (χ1n) is 6.65. The third-order valence-corrected chi connectivity index (χ3v) is 3.58. The Kier molecular flexibility index (Phi) is 4.24. The molecule has 0 spiro atoms. The lowest BCUT2D eigenvalue weighted by Crippen LogP contribution is -2.25. The molecule has 2 rings (SSSR count). The number of methoxy groups -OCH3 is 1. The van der Waals surface area contributed by atoms with Gasteiger partial charge in [0.05, 0.1) is 18.8 Å². The highest BCUT2D eigenvalue weighted by molar-refractivity contribution is 5.38. The summed E-state index contributed by atoms with van der Waals surface area (Å²) in [5, 5.41) is 6.54. The zero-order valence-corrected chi connectivity index (χ0v) is 12.0. The van der Waals surface area contributed by atoms with Crippen LogP contribution in [0.3, 0.4) is 0 Å². The Hall–Kier alpha value is -2.08. The summed E-state index contributed by atoms with van der Waals surface area (Å²) < 4.78 is 6.62. The molecule has 20 heavy (non-hydrogen) atoms. The van der Waals surface area contributed by atoms with E-state index in [2.05, 4.69) is 17.1 Å². The van der Waals surface area contributed by atoms with Crippen molar-refractivity contribution in [3.05, 3.63) is 40.6 Å². The molecular formula is C14H20N4O2. The van der Waals surface area contributed by atoms with E-state index in [1.54, 1.807) is 19.2 Å². The first-order valence-corrected chi connectivity index (χ1v) is 6.65. The average molecular weight is 276 g/mol. The Morgan fingerprint density at radius 3 is 2.60 bits per heavy atom. The maximum absolute atomic E-state index is 12.0. The van der Waals surface area contributed by atoms with Gasteiger partial charge in [-0.3, -0.25) is 0 Å². The molecule has 2 atom stereocenters. The molecule has 1 heterocycles. The van der Waals surface area contributed by atoms with E-state index in [1.165, 1.54) is 4.57 Å². The van der Waals surface area contributed by atoms with Crippen LogP contribution in [0.1, 0.15) is 32.1 Å². The first-order chi connectivity index (χ1) is 9.58. The molecule has 0 aliphatic rings. The number of ether oxygens (including phenoxy) is 1. The fourth-order valence-electron chi connectivity index (χ4n) is 2.02. The minimum absolute atomic E-state index is 0.238. The van der Waals surface area contributed by atoms with Gasteiger partial charge in [0.15, 0.2) is 5.82 Å². The van der Waals surface area contributed by atoms with Crippen LogP contribution in [0.5, 0.6) is 5.75 Å². The Balaban J connectivity index is 2.45. The number of aromatic amines is 1. The molecule has 6 heteroatoms. The first kappa shape index (κ1) is 14.3. The molecule has 1 aromatic heterocycles.